The van der Waals surface area contributed by atoms with Crippen LogP contribution < -0.4 is 9.64 Å². The predicted molar refractivity (Wildman–Crippen MR) is 304 cm³/mol. The Balaban J connectivity index is 0.917. The lowest BCUT2D eigenvalue weighted by atomic mass is 9.72. The largest absolute Gasteiger partial charge is 0.489 e. The summed E-state index contributed by atoms with van der Waals surface area (Å²) in [6.45, 7) is 19.1. The zero-order chi connectivity index (χ0) is 49.9. The number of hydrogen-bond donors (Lipinski definition) is 0. The Hall–Kier alpha value is -7.82. The number of benzene rings is 9. The predicted octanol–water partition coefficient (Wildman–Crippen LogP) is 19.2. The Kier molecular flexibility index (Phi) is 8.23. The molecule has 4 aliphatic carbocycles. The monoisotopic (exact) mass is 959 g/mol. The minimum atomic E-state index is -0.360. The van der Waals surface area contributed by atoms with Gasteiger partial charge < -0.3 is 18.5 Å². The van der Waals surface area contributed by atoms with Crippen molar-refractivity contribution in [2.24, 2.45) is 0 Å². The Morgan fingerprint density at radius 2 is 1.07 bits per heavy atom. The fourth-order valence-corrected chi connectivity index (χ4v) is 15.3. The molecule has 0 radical (unpaired) electrons. The number of nitrogens with zero attached hydrogens (tertiary/aromatic N) is 1. The van der Waals surface area contributed by atoms with Crippen molar-refractivity contribution in [3.63, 3.8) is 0 Å². The Bertz CT molecular complexity index is 4340. The first-order chi connectivity index (χ1) is 35.8. The molecule has 1 saturated carbocycles. The van der Waals surface area contributed by atoms with Crippen LogP contribution >= 0.6 is 0 Å². The summed E-state index contributed by atoms with van der Waals surface area (Å²) in [4.78, 5) is 2.48. The van der Waals surface area contributed by atoms with E-state index in [1.807, 2.05) is 0 Å². The van der Waals surface area contributed by atoms with E-state index < -0.39 is 0 Å². The number of rotatable bonds is 4. The summed E-state index contributed by atoms with van der Waals surface area (Å²) in [5, 5.41) is 4.65. The highest BCUT2D eigenvalue weighted by molar-refractivity contribution is 6.21. The molecule has 11 aromatic rings. The van der Waals surface area contributed by atoms with Crippen molar-refractivity contribution in [3.05, 3.63) is 202 Å². The van der Waals surface area contributed by atoms with E-state index in [0.29, 0.717) is 5.92 Å². The summed E-state index contributed by atoms with van der Waals surface area (Å²) < 4.78 is 20.8. The highest BCUT2D eigenvalue weighted by Crippen LogP contribution is 2.65. The maximum absolute atomic E-state index is 7.09. The number of aryl methyl sites for hydroxylation is 2. The van der Waals surface area contributed by atoms with Crippen LogP contribution in [0.1, 0.15) is 117 Å². The molecule has 74 heavy (non-hydrogen) atoms. The van der Waals surface area contributed by atoms with Crippen LogP contribution in [0.15, 0.2) is 160 Å². The van der Waals surface area contributed by atoms with Crippen molar-refractivity contribution < 1.29 is 13.6 Å². The lowest BCUT2D eigenvalue weighted by molar-refractivity contribution is 0.226. The number of para-hydroxylation sites is 2. The molecule has 0 amide bonds. The molecule has 9 aromatic carbocycles. The van der Waals surface area contributed by atoms with Crippen molar-refractivity contribution in [3.8, 4) is 50.3 Å². The van der Waals surface area contributed by atoms with Gasteiger partial charge in [-0.2, -0.15) is 0 Å². The van der Waals surface area contributed by atoms with Crippen LogP contribution in [0.2, 0.25) is 0 Å². The highest BCUT2D eigenvalue weighted by atomic mass is 16.5. The summed E-state index contributed by atoms with van der Waals surface area (Å²) in [6, 6.07) is 56.8. The van der Waals surface area contributed by atoms with Gasteiger partial charge in [-0.15, -0.1) is 0 Å². The minimum Gasteiger partial charge on any atom is -0.489 e. The topological polar surface area (TPSA) is 38.8 Å². The van der Waals surface area contributed by atoms with Gasteiger partial charge in [-0.05, 0) is 160 Å². The van der Waals surface area contributed by atoms with E-state index in [-0.39, 0.29) is 22.3 Å². The molecule has 1 fully saturated rings. The van der Waals surface area contributed by atoms with E-state index in [1.54, 1.807) is 0 Å². The number of ether oxygens (including phenoxy) is 1. The molecule has 3 heterocycles. The van der Waals surface area contributed by atoms with E-state index in [2.05, 4.69) is 212 Å². The summed E-state index contributed by atoms with van der Waals surface area (Å²) in [7, 11) is 0. The summed E-state index contributed by atoms with van der Waals surface area (Å²) in [5.41, 5.74) is 28.7. The third-order valence-electron chi connectivity index (χ3n) is 18.7. The molecular weight excluding hydrogens is 903 g/mol. The maximum Gasteiger partial charge on any atom is 0.144 e. The second-order valence-electron chi connectivity index (χ2n) is 23.9. The molecule has 4 heteroatoms. The third kappa shape index (κ3) is 5.33. The summed E-state index contributed by atoms with van der Waals surface area (Å²) in [5.74, 6) is 1.51. The molecule has 360 valence electrons. The van der Waals surface area contributed by atoms with Crippen LogP contribution in [0.5, 0.6) is 5.75 Å². The first-order valence-corrected chi connectivity index (χ1v) is 26.9. The Morgan fingerprint density at radius 1 is 0.459 bits per heavy atom. The van der Waals surface area contributed by atoms with Gasteiger partial charge in [0.05, 0.1) is 0 Å². The fraction of sp³-hybridized carbons (Fsp3) is 0.229. The van der Waals surface area contributed by atoms with Gasteiger partial charge in [0, 0.05) is 83.5 Å². The quantitative estimate of drug-likeness (QED) is 0.176. The number of fused-ring (bicyclic) bond motifs is 22. The molecule has 2 unspecified atom stereocenters. The van der Waals surface area contributed by atoms with Gasteiger partial charge in [-0.1, -0.05) is 138 Å². The van der Waals surface area contributed by atoms with Crippen LogP contribution in [0.4, 0.5) is 17.1 Å². The molecule has 0 N–H and O–H groups in total. The fourth-order valence-electron chi connectivity index (χ4n) is 15.3. The first kappa shape index (κ1) is 42.7. The Morgan fingerprint density at radius 3 is 1.85 bits per heavy atom. The average Bonchev–Trinajstić information content (AvgIpc) is 4.35. The van der Waals surface area contributed by atoms with Crippen molar-refractivity contribution in [1.29, 1.82) is 0 Å². The molecule has 2 aromatic heterocycles. The molecule has 2 atom stereocenters. The van der Waals surface area contributed by atoms with Crippen LogP contribution in [-0.2, 0) is 16.2 Å². The van der Waals surface area contributed by atoms with Crippen LogP contribution in [0.3, 0.4) is 0 Å². The smallest absolute Gasteiger partial charge is 0.144 e. The van der Waals surface area contributed by atoms with Crippen molar-refractivity contribution in [1.82, 2.24) is 0 Å². The van der Waals surface area contributed by atoms with Gasteiger partial charge in [0.2, 0.25) is 0 Å². The second-order valence-corrected chi connectivity index (χ2v) is 23.9. The SMILES string of the molecule is Cc1ccc(-c2cc3c(c4c2OC2CCCC42)-c2ccc(N(c4ccc5c(c4)C(C)(C)c4c6c(c7c(oc8ccccc87)c4-5)-c4ccccc4C6(C)C)c4ccc5c(c4)oc4ccccc45)cc2C3(C)C)c(C)c1. The third-order valence-corrected chi connectivity index (χ3v) is 18.7. The van der Waals surface area contributed by atoms with Crippen molar-refractivity contribution in [2.75, 3.05) is 4.90 Å². The number of furan rings is 2. The molecule has 4 nitrogen and oxygen atoms in total. The van der Waals surface area contributed by atoms with Gasteiger partial charge in [0.25, 0.3) is 0 Å². The lowest BCUT2D eigenvalue weighted by Gasteiger charge is -2.32. The molecular formula is C70H57NO3. The average molecular weight is 960 g/mol. The van der Waals surface area contributed by atoms with E-state index in [1.165, 1.54) is 118 Å². The van der Waals surface area contributed by atoms with Gasteiger partial charge in [-0.25, -0.2) is 0 Å². The maximum atomic E-state index is 7.09. The summed E-state index contributed by atoms with van der Waals surface area (Å²) in [6.07, 6.45) is 3.72. The van der Waals surface area contributed by atoms with E-state index in [4.69, 9.17) is 13.6 Å². The summed E-state index contributed by atoms with van der Waals surface area (Å²) >= 11 is 0. The van der Waals surface area contributed by atoms with Gasteiger partial charge in [0.1, 0.15) is 34.2 Å². The van der Waals surface area contributed by atoms with E-state index in [9.17, 15) is 0 Å². The van der Waals surface area contributed by atoms with Crippen LogP contribution in [0.25, 0.3) is 88.4 Å². The normalized spacial score (nSPS) is 18.5. The van der Waals surface area contributed by atoms with Crippen molar-refractivity contribution in [2.45, 2.75) is 103 Å². The molecule has 5 aliphatic rings. The van der Waals surface area contributed by atoms with Crippen molar-refractivity contribution >= 4 is 60.9 Å². The van der Waals surface area contributed by atoms with Crippen LogP contribution in [0, 0.1) is 13.8 Å². The van der Waals surface area contributed by atoms with Gasteiger partial charge >= 0.3 is 0 Å². The standard InChI is InChI=1S/C70H57NO3/c1-37-24-28-42(38(2)32-37)50-36-54-59(61-49-19-15-23-57(49)73-66(50)61)46-30-26-39(33-52(46)68(54,3)4)71(41-25-29-44-43-16-10-13-21-55(43)72-58(44)35-41)40-27-31-47-53(34-40)70(7,8)65-63(47)67-62(48-18-11-14-22-56(48)74-67)60-45-17-9-12-20-51(45)69(5,6)64(60)65/h9-14,16-18,20-22,24-36,49,57H,15,19,23H2,1-8H3. The second kappa shape index (κ2) is 14.3. The molecule has 0 saturated heterocycles. The lowest BCUT2D eigenvalue weighted by Crippen LogP contribution is -2.24. The zero-order valence-electron chi connectivity index (χ0n) is 43.4. The number of hydrogen-bond acceptors (Lipinski definition) is 4. The van der Waals surface area contributed by atoms with Crippen LogP contribution in [-0.4, -0.2) is 6.10 Å². The van der Waals surface area contributed by atoms with Gasteiger partial charge in [0.15, 0.2) is 0 Å². The van der Waals surface area contributed by atoms with E-state index >= 15 is 0 Å². The number of anilines is 3. The van der Waals surface area contributed by atoms with E-state index in [0.717, 1.165) is 62.3 Å². The molecule has 0 spiro atoms. The highest BCUT2D eigenvalue weighted by Gasteiger charge is 2.50. The molecule has 16 rings (SSSR count). The Labute approximate surface area is 432 Å². The minimum absolute atomic E-state index is 0.224. The molecule has 0 bridgehead atoms. The van der Waals surface area contributed by atoms with Gasteiger partial charge in [-0.3, -0.25) is 0 Å². The molecule has 1 aliphatic heterocycles. The first-order valence-electron chi connectivity index (χ1n) is 26.9. The zero-order valence-corrected chi connectivity index (χ0v) is 43.4.